The lowest BCUT2D eigenvalue weighted by molar-refractivity contribution is 0.135. The van der Waals surface area contributed by atoms with E-state index in [2.05, 4.69) is 29.2 Å². The molecule has 0 saturated carbocycles. The van der Waals surface area contributed by atoms with Gasteiger partial charge in [0.15, 0.2) is 0 Å². The number of aliphatic hydroxyl groups excluding tert-OH is 1. The second-order valence-electron chi connectivity index (χ2n) is 5.40. The van der Waals surface area contributed by atoms with Crippen molar-refractivity contribution < 1.29 is 5.11 Å². The molecule has 3 aromatic rings. The number of nitrogens with zero attached hydrogens (tertiary/aromatic N) is 1. The van der Waals surface area contributed by atoms with Crippen LogP contribution in [0.1, 0.15) is 28.7 Å². The van der Waals surface area contributed by atoms with Crippen LogP contribution in [0.5, 0.6) is 0 Å². The van der Waals surface area contributed by atoms with Gasteiger partial charge >= 0.3 is 0 Å². The first-order chi connectivity index (χ1) is 9.84. The van der Waals surface area contributed by atoms with Crippen LogP contribution in [-0.2, 0) is 6.42 Å². The van der Waals surface area contributed by atoms with Crippen LogP contribution >= 0.6 is 0 Å². The number of hydrogen-bond donors (Lipinski definition) is 1. The Morgan fingerprint density at radius 2 is 1.80 bits per heavy atom. The number of pyridine rings is 1. The molecule has 2 unspecified atom stereocenters. The summed E-state index contributed by atoms with van der Waals surface area (Å²) < 4.78 is 0. The fourth-order valence-corrected chi connectivity index (χ4v) is 3.17. The predicted molar refractivity (Wildman–Crippen MR) is 79.6 cm³/mol. The third-order valence-electron chi connectivity index (χ3n) is 4.29. The summed E-state index contributed by atoms with van der Waals surface area (Å²) >= 11 is 0. The maximum atomic E-state index is 10.7. The van der Waals surface area contributed by atoms with Crippen LogP contribution in [-0.4, -0.2) is 10.1 Å². The first-order valence-corrected chi connectivity index (χ1v) is 6.93. The van der Waals surface area contributed by atoms with Crippen molar-refractivity contribution in [2.45, 2.75) is 18.4 Å². The van der Waals surface area contributed by atoms with E-state index in [-0.39, 0.29) is 5.92 Å². The Hall–Kier alpha value is -2.19. The van der Waals surface area contributed by atoms with E-state index >= 15 is 0 Å². The highest BCUT2D eigenvalue weighted by Gasteiger charge is 2.33. The van der Waals surface area contributed by atoms with Crippen molar-refractivity contribution in [2.75, 3.05) is 0 Å². The Labute approximate surface area is 117 Å². The van der Waals surface area contributed by atoms with Gasteiger partial charge in [-0.15, -0.1) is 0 Å². The zero-order valence-corrected chi connectivity index (χ0v) is 11.0. The number of hydrogen-bond acceptors (Lipinski definition) is 2. The van der Waals surface area contributed by atoms with E-state index < -0.39 is 6.10 Å². The Balaban J connectivity index is 1.77. The molecule has 1 heterocycles. The average Bonchev–Trinajstić information content (AvgIpc) is 2.48. The summed E-state index contributed by atoms with van der Waals surface area (Å²) in [4.78, 5) is 4.27. The van der Waals surface area contributed by atoms with Crippen LogP contribution in [0.4, 0.5) is 0 Å². The minimum absolute atomic E-state index is 0.193. The first-order valence-electron chi connectivity index (χ1n) is 6.93. The Morgan fingerprint density at radius 3 is 2.70 bits per heavy atom. The molecule has 0 bridgehead atoms. The molecule has 2 atom stereocenters. The van der Waals surface area contributed by atoms with E-state index in [9.17, 15) is 5.11 Å². The molecule has 2 aromatic carbocycles. The van der Waals surface area contributed by atoms with Crippen LogP contribution in [0.3, 0.4) is 0 Å². The summed E-state index contributed by atoms with van der Waals surface area (Å²) in [6.07, 6.45) is 4.11. The first kappa shape index (κ1) is 11.6. The van der Waals surface area contributed by atoms with Gasteiger partial charge < -0.3 is 5.11 Å². The molecule has 1 aliphatic carbocycles. The van der Waals surface area contributed by atoms with Gasteiger partial charge in [0.05, 0.1) is 6.10 Å². The van der Waals surface area contributed by atoms with Crippen molar-refractivity contribution in [2.24, 2.45) is 0 Å². The van der Waals surface area contributed by atoms with Crippen molar-refractivity contribution in [3.05, 3.63) is 77.6 Å². The maximum Gasteiger partial charge on any atom is 0.0882 e. The predicted octanol–water partition coefficient (Wildman–Crippen LogP) is 3.61. The Bertz CT molecular complexity index is 776. The molecule has 2 nitrogen and oxygen atoms in total. The SMILES string of the molecule is OC(c1cncc2ccccc12)C1Cc2ccccc21. The second kappa shape index (κ2) is 4.43. The molecule has 2 heteroatoms. The molecule has 0 saturated heterocycles. The summed E-state index contributed by atoms with van der Waals surface area (Å²) in [5.74, 6) is 0.193. The quantitative estimate of drug-likeness (QED) is 0.764. The number of benzene rings is 2. The summed E-state index contributed by atoms with van der Waals surface area (Å²) in [5.41, 5.74) is 3.56. The van der Waals surface area contributed by atoms with Gasteiger partial charge in [-0.1, -0.05) is 48.5 Å². The molecule has 0 amide bonds. The smallest absolute Gasteiger partial charge is 0.0882 e. The molecule has 4 rings (SSSR count). The zero-order valence-electron chi connectivity index (χ0n) is 11.0. The molecule has 0 radical (unpaired) electrons. The molecule has 20 heavy (non-hydrogen) atoms. The molecular weight excluding hydrogens is 246 g/mol. The molecule has 98 valence electrons. The highest BCUT2D eigenvalue weighted by atomic mass is 16.3. The summed E-state index contributed by atoms with van der Waals surface area (Å²) in [6.45, 7) is 0. The lowest BCUT2D eigenvalue weighted by Crippen LogP contribution is -2.23. The standard InChI is InChI=1S/C18H15NO/c20-18(16-9-12-5-1-3-7-14(12)16)17-11-19-10-13-6-2-4-8-15(13)17/h1-8,10-11,16,18,20H,9H2. The van der Waals surface area contributed by atoms with Gasteiger partial charge in [-0.2, -0.15) is 0 Å². The van der Waals surface area contributed by atoms with Gasteiger partial charge in [-0.25, -0.2) is 0 Å². The number of rotatable bonds is 2. The third kappa shape index (κ3) is 1.65. The highest BCUT2D eigenvalue weighted by molar-refractivity contribution is 5.85. The zero-order chi connectivity index (χ0) is 13.5. The van der Waals surface area contributed by atoms with E-state index in [4.69, 9.17) is 0 Å². The lowest BCUT2D eigenvalue weighted by Gasteiger charge is -2.34. The second-order valence-corrected chi connectivity index (χ2v) is 5.40. The summed E-state index contributed by atoms with van der Waals surface area (Å²) in [6, 6.07) is 16.4. The Kier molecular flexibility index (Phi) is 2.57. The van der Waals surface area contributed by atoms with Gasteiger partial charge in [0.1, 0.15) is 0 Å². The van der Waals surface area contributed by atoms with Crippen LogP contribution in [0.15, 0.2) is 60.9 Å². The maximum absolute atomic E-state index is 10.7. The van der Waals surface area contributed by atoms with Crippen molar-refractivity contribution >= 4 is 10.8 Å². The van der Waals surface area contributed by atoms with Crippen LogP contribution in [0, 0.1) is 0 Å². The number of aromatic nitrogens is 1. The number of aliphatic hydroxyl groups is 1. The van der Waals surface area contributed by atoms with Crippen LogP contribution < -0.4 is 0 Å². The molecule has 0 aliphatic heterocycles. The molecule has 1 N–H and O–H groups in total. The van der Waals surface area contributed by atoms with Crippen molar-refractivity contribution in [1.82, 2.24) is 4.98 Å². The molecule has 1 aliphatic rings. The van der Waals surface area contributed by atoms with Gasteiger partial charge in [0, 0.05) is 29.3 Å². The summed E-state index contributed by atoms with van der Waals surface area (Å²) in [5, 5.41) is 12.9. The van der Waals surface area contributed by atoms with Gasteiger partial charge in [-0.3, -0.25) is 4.98 Å². The van der Waals surface area contributed by atoms with Gasteiger partial charge in [0.2, 0.25) is 0 Å². The van der Waals surface area contributed by atoms with E-state index in [1.54, 1.807) is 6.20 Å². The van der Waals surface area contributed by atoms with Crippen LogP contribution in [0.25, 0.3) is 10.8 Å². The molecule has 0 spiro atoms. The monoisotopic (exact) mass is 261 g/mol. The average molecular weight is 261 g/mol. The minimum Gasteiger partial charge on any atom is -0.388 e. The molecule has 0 fully saturated rings. The lowest BCUT2D eigenvalue weighted by atomic mass is 9.72. The fourth-order valence-electron chi connectivity index (χ4n) is 3.17. The van der Waals surface area contributed by atoms with E-state index in [0.29, 0.717) is 0 Å². The van der Waals surface area contributed by atoms with Crippen molar-refractivity contribution in [3.63, 3.8) is 0 Å². The van der Waals surface area contributed by atoms with E-state index in [0.717, 1.165) is 22.8 Å². The third-order valence-corrected chi connectivity index (χ3v) is 4.29. The fraction of sp³-hybridized carbons (Fsp3) is 0.167. The van der Waals surface area contributed by atoms with Gasteiger partial charge in [-0.05, 0) is 22.9 Å². The summed E-state index contributed by atoms with van der Waals surface area (Å²) in [7, 11) is 0. The topological polar surface area (TPSA) is 33.1 Å². The minimum atomic E-state index is -0.483. The molecular formula is C18H15NO. The van der Waals surface area contributed by atoms with E-state index in [1.807, 2.05) is 30.5 Å². The Morgan fingerprint density at radius 1 is 1.00 bits per heavy atom. The number of fused-ring (bicyclic) bond motifs is 2. The molecule has 1 aromatic heterocycles. The van der Waals surface area contributed by atoms with E-state index in [1.165, 1.54) is 11.1 Å². The van der Waals surface area contributed by atoms with Crippen molar-refractivity contribution in [1.29, 1.82) is 0 Å². The largest absolute Gasteiger partial charge is 0.388 e. The van der Waals surface area contributed by atoms with Gasteiger partial charge in [0.25, 0.3) is 0 Å². The highest BCUT2D eigenvalue weighted by Crippen LogP contribution is 2.44. The normalized spacial score (nSPS) is 18.4. The van der Waals surface area contributed by atoms with Crippen LogP contribution in [0.2, 0.25) is 0 Å². The van der Waals surface area contributed by atoms with Crippen molar-refractivity contribution in [3.8, 4) is 0 Å².